The topological polar surface area (TPSA) is 78.9 Å². The number of aliphatic hydroxyl groups is 1. The molecule has 28 heavy (non-hydrogen) atoms. The molecule has 2 heterocycles. The Morgan fingerprint density at radius 2 is 2.14 bits per heavy atom. The summed E-state index contributed by atoms with van der Waals surface area (Å²) in [6, 6.07) is 9.27. The van der Waals surface area contributed by atoms with Crippen molar-refractivity contribution >= 4 is 23.6 Å². The van der Waals surface area contributed by atoms with Crippen molar-refractivity contribution in [2.45, 2.75) is 43.9 Å². The largest absolute Gasteiger partial charge is 0.390 e. The molecular formula is C21H26N2O4S. The maximum Gasteiger partial charge on any atom is 0.243 e. The molecule has 6 nitrogen and oxygen atoms in total. The number of amides is 2. The monoisotopic (exact) mass is 402 g/mol. The molecule has 2 aliphatic heterocycles. The average Bonchev–Trinajstić information content (AvgIpc) is 3.39. The second kappa shape index (κ2) is 7.04. The van der Waals surface area contributed by atoms with E-state index in [4.69, 9.17) is 4.74 Å². The third-order valence-corrected chi connectivity index (χ3v) is 7.74. The SMILES string of the molecule is CSCCC(C(=O)NCc1ccccc1)N1C(=O)C2C3CC4C(OC1C42)C3O. The van der Waals surface area contributed by atoms with E-state index in [1.807, 2.05) is 36.6 Å². The summed E-state index contributed by atoms with van der Waals surface area (Å²) in [7, 11) is 0. The minimum absolute atomic E-state index is 0.000615. The highest BCUT2D eigenvalue weighted by molar-refractivity contribution is 7.98. The lowest BCUT2D eigenvalue weighted by molar-refractivity contribution is -0.160. The number of nitrogens with zero attached hydrogens (tertiary/aromatic N) is 1. The van der Waals surface area contributed by atoms with Gasteiger partial charge < -0.3 is 20.1 Å². The Bertz CT molecular complexity index is 775. The molecule has 4 fully saturated rings. The molecule has 2 saturated heterocycles. The van der Waals surface area contributed by atoms with Gasteiger partial charge in [0.05, 0.1) is 18.1 Å². The predicted molar refractivity (Wildman–Crippen MR) is 105 cm³/mol. The smallest absolute Gasteiger partial charge is 0.243 e. The number of thioether (sulfide) groups is 1. The third kappa shape index (κ3) is 2.63. The predicted octanol–water partition coefficient (Wildman–Crippen LogP) is 1.23. The van der Waals surface area contributed by atoms with E-state index in [0.717, 1.165) is 17.7 Å². The average molecular weight is 403 g/mol. The fourth-order valence-electron chi connectivity index (χ4n) is 5.95. The Hall–Kier alpha value is -1.57. The van der Waals surface area contributed by atoms with E-state index in [1.54, 1.807) is 16.7 Å². The molecule has 0 aromatic heterocycles. The number of carbonyl (C=O) groups excluding carboxylic acids is 2. The summed E-state index contributed by atoms with van der Waals surface area (Å²) >= 11 is 1.67. The summed E-state index contributed by atoms with van der Waals surface area (Å²) < 4.78 is 6.17. The van der Waals surface area contributed by atoms with E-state index < -0.39 is 12.1 Å². The number of likely N-dealkylation sites (tertiary alicyclic amines) is 1. The number of rotatable bonds is 7. The van der Waals surface area contributed by atoms with Crippen LogP contribution in [-0.4, -0.2) is 58.3 Å². The van der Waals surface area contributed by atoms with Crippen LogP contribution in [0.5, 0.6) is 0 Å². The van der Waals surface area contributed by atoms with Crippen LogP contribution >= 0.6 is 11.8 Å². The number of benzene rings is 1. The Balaban J connectivity index is 1.35. The number of hydrogen-bond acceptors (Lipinski definition) is 5. The number of fused-ring (bicyclic) bond motifs is 2. The Kier molecular flexibility index (Phi) is 4.64. The van der Waals surface area contributed by atoms with E-state index in [-0.39, 0.29) is 47.8 Å². The molecule has 7 heteroatoms. The summed E-state index contributed by atoms with van der Waals surface area (Å²) in [6.45, 7) is 0.447. The number of nitrogens with one attached hydrogen (secondary N) is 1. The third-order valence-electron chi connectivity index (χ3n) is 7.09. The van der Waals surface area contributed by atoms with Crippen molar-refractivity contribution in [3.05, 3.63) is 35.9 Å². The molecule has 8 unspecified atom stereocenters. The van der Waals surface area contributed by atoms with E-state index in [9.17, 15) is 14.7 Å². The minimum atomic E-state index is -0.529. The van der Waals surface area contributed by atoms with Crippen LogP contribution < -0.4 is 5.32 Å². The molecule has 2 aliphatic carbocycles. The first-order chi connectivity index (χ1) is 13.6. The van der Waals surface area contributed by atoms with Crippen molar-refractivity contribution in [1.29, 1.82) is 0 Å². The van der Waals surface area contributed by atoms with Crippen LogP contribution in [0.4, 0.5) is 0 Å². The lowest BCUT2D eigenvalue weighted by atomic mass is 9.80. The molecule has 2 N–H and O–H groups in total. The van der Waals surface area contributed by atoms with Crippen molar-refractivity contribution in [2.75, 3.05) is 12.0 Å². The lowest BCUT2D eigenvalue weighted by Crippen LogP contribution is -2.53. The molecule has 2 saturated carbocycles. The quantitative estimate of drug-likeness (QED) is 0.717. The van der Waals surface area contributed by atoms with Gasteiger partial charge in [-0.25, -0.2) is 0 Å². The zero-order valence-corrected chi connectivity index (χ0v) is 16.7. The van der Waals surface area contributed by atoms with Crippen LogP contribution in [0.3, 0.4) is 0 Å². The molecule has 0 spiro atoms. The van der Waals surface area contributed by atoms with Crippen LogP contribution in [-0.2, 0) is 20.9 Å². The second-order valence-electron chi connectivity index (χ2n) is 8.39. The standard InChI is InChI=1S/C21H26N2O4S/c1-28-8-7-14(19(25)22-10-11-5-3-2-4-6-11)23-20(26)15-12-9-13-16(15)21(23)27-18(13)17(12)24/h2-6,12-18,21,24H,7-10H2,1H3,(H,22,25). The van der Waals surface area contributed by atoms with Gasteiger partial charge in [-0.15, -0.1) is 0 Å². The van der Waals surface area contributed by atoms with Crippen molar-refractivity contribution in [3.8, 4) is 0 Å². The first kappa shape index (κ1) is 18.5. The Morgan fingerprint density at radius 3 is 2.89 bits per heavy atom. The Labute approximate surface area is 169 Å². The van der Waals surface area contributed by atoms with E-state index in [1.165, 1.54) is 0 Å². The summed E-state index contributed by atoms with van der Waals surface area (Å²) in [5.41, 5.74) is 1.03. The molecule has 8 atom stereocenters. The van der Waals surface area contributed by atoms with Gasteiger partial charge in [0.15, 0.2) is 0 Å². The minimum Gasteiger partial charge on any atom is -0.390 e. The number of aliphatic hydroxyl groups excluding tert-OH is 1. The van der Waals surface area contributed by atoms with E-state index >= 15 is 0 Å². The van der Waals surface area contributed by atoms with E-state index in [2.05, 4.69) is 5.32 Å². The normalized spacial score (nSPS) is 38.3. The van der Waals surface area contributed by atoms with Gasteiger partial charge >= 0.3 is 0 Å². The molecule has 1 aromatic carbocycles. The highest BCUT2D eigenvalue weighted by Crippen LogP contribution is 2.63. The number of hydrogen-bond donors (Lipinski definition) is 2. The van der Waals surface area contributed by atoms with Gasteiger partial charge in [0.25, 0.3) is 0 Å². The van der Waals surface area contributed by atoms with Crippen LogP contribution in [0.2, 0.25) is 0 Å². The summed E-state index contributed by atoms with van der Waals surface area (Å²) in [4.78, 5) is 28.1. The first-order valence-corrected chi connectivity index (χ1v) is 11.5. The molecule has 2 bridgehead atoms. The zero-order chi connectivity index (χ0) is 19.4. The van der Waals surface area contributed by atoms with Gasteiger partial charge in [0, 0.05) is 12.5 Å². The molecular weight excluding hydrogens is 376 g/mol. The van der Waals surface area contributed by atoms with Crippen molar-refractivity contribution in [3.63, 3.8) is 0 Å². The van der Waals surface area contributed by atoms with Crippen LogP contribution in [0.1, 0.15) is 18.4 Å². The first-order valence-electron chi connectivity index (χ1n) is 10.1. The number of carbonyl (C=O) groups is 2. The lowest BCUT2D eigenvalue weighted by Gasteiger charge is -2.34. The molecule has 5 rings (SSSR count). The Morgan fingerprint density at radius 1 is 1.36 bits per heavy atom. The zero-order valence-electron chi connectivity index (χ0n) is 15.9. The molecule has 0 radical (unpaired) electrons. The van der Waals surface area contributed by atoms with Crippen LogP contribution in [0, 0.1) is 23.7 Å². The van der Waals surface area contributed by atoms with Crippen LogP contribution in [0.15, 0.2) is 30.3 Å². The van der Waals surface area contributed by atoms with Gasteiger partial charge in [-0.2, -0.15) is 11.8 Å². The van der Waals surface area contributed by atoms with Gasteiger partial charge in [0.2, 0.25) is 11.8 Å². The highest BCUT2D eigenvalue weighted by atomic mass is 32.2. The molecule has 4 aliphatic rings. The molecule has 2 amide bonds. The fourth-order valence-corrected chi connectivity index (χ4v) is 6.41. The van der Waals surface area contributed by atoms with Crippen molar-refractivity contribution in [1.82, 2.24) is 10.2 Å². The maximum atomic E-state index is 13.3. The van der Waals surface area contributed by atoms with E-state index in [0.29, 0.717) is 13.0 Å². The van der Waals surface area contributed by atoms with Gasteiger partial charge in [0.1, 0.15) is 12.3 Å². The van der Waals surface area contributed by atoms with Crippen molar-refractivity contribution in [2.24, 2.45) is 23.7 Å². The van der Waals surface area contributed by atoms with Crippen LogP contribution in [0.25, 0.3) is 0 Å². The summed E-state index contributed by atoms with van der Waals surface area (Å²) in [6.07, 6.45) is 2.44. The summed E-state index contributed by atoms with van der Waals surface area (Å²) in [5.74, 6) is 0.905. The second-order valence-corrected chi connectivity index (χ2v) is 9.38. The highest BCUT2D eigenvalue weighted by Gasteiger charge is 2.73. The fraction of sp³-hybridized carbons (Fsp3) is 0.619. The molecule has 150 valence electrons. The van der Waals surface area contributed by atoms with Gasteiger partial charge in [-0.05, 0) is 42.2 Å². The van der Waals surface area contributed by atoms with Gasteiger partial charge in [-0.3, -0.25) is 9.59 Å². The van der Waals surface area contributed by atoms with Gasteiger partial charge in [-0.1, -0.05) is 30.3 Å². The van der Waals surface area contributed by atoms with Crippen molar-refractivity contribution < 1.29 is 19.4 Å². The maximum absolute atomic E-state index is 13.3. The summed E-state index contributed by atoms with van der Waals surface area (Å²) in [5, 5.41) is 13.5. The number of ether oxygens (including phenoxy) is 1. The molecule has 1 aromatic rings.